The highest BCUT2D eigenvalue weighted by atomic mass is 19.1. The van der Waals surface area contributed by atoms with E-state index >= 15 is 0 Å². The SMILES string of the molecule is CCc1nccn1CCNC(=O)c1ccc(-c2ncc(F)c(NC)n2)cc1. The molecule has 2 N–H and O–H groups in total. The van der Waals surface area contributed by atoms with Crippen LogP contribution in [0.1, 0.15) is 23.1 Å². The summed E-state index contributed by atoms with van der Waals surface area (Å²) in [5.74, 6) is 0.846. The normalized spacial score (nSPS) is 10.6. The van der Waals surface area contributed by atoms with Crippen molar-refractivity contribution in [2.24, 2.45) is 0 Å². The minimum Gasteiger partial charge on any atom is -0.371 e. The van der Waals surface area contributed by atoms with Crippen LogP contribution in [0.3, 0.4) is 0 Å². The summed E-state index contributed by atoms with van der Waals surface area (Å²) >= 11 is 0. The first-order chi connectivity index (χ1) is 13.1. The lowest BCUT2D eigenvalue weighted by atomic mass is 10.1. The highest BCUT2D eigenvalue weighted by Gasteiger charge is 2.10. The van der Waals surface area contributed by atoms with Crippen molar-refractivity contribution in [3.05, 3.63) is 60.1 Å². The number of halogens is 1. The lowest BCUT2D eigenvalue weighted by Crippen LogP contribution is -2.27. The maximum absolute atomic E-state index is 13.5. The Morgan fingerprint density at radius 3 is 2.70 bits per heavy atom. The van der Waals surface area contributed by atoms with Gasteiger partial charge in [0.2, 0.25) is 0 Å². The van der Waals surface area contributed by atoms with Gasteiger partial charge in [-0.15, -0.1) is 0 Å². The number of carbonyl (C=O) groups excluding carboxylic acids is 1. The molecule has 0 aliphatic heterocycles. The summed E-state index contributed by atoms with van der Waals surface area (Å²) in [7, 11) is 1.59. The zero-order chi connectivity index (χ0) is 19.2. The van der Waals surface area contributed by atoms with E-state index in [4.69, 9.17) is 0 Å². The lowest BCUT2D eigenvalue weighted by molar-refractivity contribution is 0.0952. The van der Waals surface area contributed by atoms with Gasteiger partial charge in [-0.05, 0) is 12.1 Å². The van der Waals surface area contributed by atoms with E-state index in [1.165, 1.54) is 0 Å². The molecule has 0 radical (unpaired) electrons. The number of anilines is 1. The third kappa shape index (κ3) is 4.28. The molecule has 1 aromatic carbocycles. The molecule has 3 rings (SSSR count). The Morgan fingerprint density at radius 2 is 2.00 bits per heavy atom. The van der Waals surface area contributed by atoms with Gasteiger partial charge in [0.05, 0.1) is 6.20 Å². The Bertz CT molecular complexity index is 922. The molecule has 0 saturated carbocycles. The number of aryl methyl sites for hydroxylation is 1. The van der Waals surface area contributed by atoms with Gasteiger partial charge < -0.3 is 15.2 Å². The van der Waals surface area contributed by atoms with Crippen molar-refractivity contribution >= 4 is 11.7 Å². The third-order valence-electron chi connectivity index (χ3n) is 4.14. The molecule has 8 heteroatoms. The average molecular weight is 368 g/mol. The topological polar surface area (TPSA) is 84.7 Å². The van der Waals surface area contributed by atoms with Gasteiger partial charge in [-0.2, -0.15) is 0 Å². The summed E-state index contributed by atoms with van der Waals surface area (Å²) in [6.07, 6.45) is 5.64. The number of nitrogens with zero attached hydrogens (tertiary/aromatic N) is 4. The molecule has 0 bridgehead atoms. The number of hydrogen-bond donors (Lipinski definition) is 2. The van der Waals surface area contributed by atoms with Gasteiger partial charge in [-0.25, -0.2) is 19.3 Å². The molecule has 7 nitrogen and oxygen atoms in total. The zero-order valence-electron chi connectivity index (χ0n) is 15.2. The predicted molar refractivity (Wildman–Crippen MR) is 101 cm³/mol. The summed E-state index contributed by atoms with van der Waals surface area (Å²) in [5, 5.41) is 5.58. The Labute approximate surface area is 156 Å². The Hall–Kier alpha value is -3.29. The number of hydrogen-bond acceptors (Lipinski definition) is 5. The molecule has 2 aromatic heterocycles. The molecular weight excluding hydrogens is 347 g/mol. The second-order valence-corrected chi connectivity index (χ2v) is 5.86. The van der Waals surface area contributed by atoms with E-state index in [0.717, 1.165) is 18.4 Å². The molecule has 2 heterocycles. The number of carbonyl (C=O) groups is 1. The largest absolute Gasteiger partial charge is 0.371 e. The maximum atomic E-state index is 13.5. The van der Waals surface area contributed by atoms with Crippen molar-refractivity contribution in [3.8, 4) is 11.4 Å². The average Bonchev–Trinajstić information content (AvgIpc) is 3.16. The monoisotopic (exact) mass is 368 g/mol. The fourth-order valence-electron chi connectivity index (χ4n) is 2.70. The maximum Gasteiger partial charge on any atom is 0.251 e. The van der Waals surface area contributed by atoms with Crippen molar-refractivity contribution in [2.45, 2.75) is 19.9 Å². The molecule has 0 fully saturated rings. The van der Waals surface area contributed by atoms with E-state index in [2.05, 4.69) is 25.6 Å². The fraction of sp³-hybridized carbons (Fsp3) is 0.263. The van der Waals surface area contributed by atoms with Crippen LogP contribution in [-0.2, 0) is 13.0 Å². The predicted octanol–water partition coefficient (Wildman–Crippen LogP) is 2.51. The van der Waals surface area contributed by atoms with Crippen molar-refractivity contribution < 1.29 is 9.18 Å². The van der Waals surface area contributed by atoms with Gasteiger partial charge in [0, 0.05) is 50.1 Å². The Kier molecular flexibility index (Phi) is 5.75. The van der Waals surface area contributed by atoms with Crippen LogP contribution in [0.5, 0.6) is 0 Å². The Balaban J connectivity index is 1.62. The highest BCUT2D eigenvalue weighted by molar-refractivity contribution is 5.94. The van der Waals surface area contributed by atoms with Crippen LogP contribution in [0.15, 0.2) is 42.9 Å². The summed E-state index contributed by atoms with van der Waals surface area (Å²) in [6, 6.07) is 6.88. The molecule has 27 heavy (non-hydrogen) atoms. The first-order valence-corrected chi connectivity index (χ1v) is 8.71. The highest BCUT2D eigenvalue weighted by Crippen LogP contribution is 2.18. The van der Waals surface area contributed by atoms with Gasteiger partial charge in [0.25, 0.3) is 5.91 Å². The molecule has 1 amide bonds. The standard InChI is InChI=1S/C19H21FN6O/c1-3-16-22-8-10-26(16)11-9-23-19(27)14-6-4-13(5-7-14)17-24-12-15(20)18(21-2)25-17/h4-8,10,12H,3,9,11H2,1-2H3,(H,23,27)(H,21,24,25). The zero-order valence-corrected chi connectivity index (χ0v) is 15.2. The molecule has 0 spiro atoms. The van der Waals surface area contributed by atoms with Crippen molar-refractivity contribution in [3.63, 3.8) is 0 Å². The second kappa shape index (κ2) is 8.39. The van der Waals surface area contributed by atoms with E-state index in [-0.39, 0.29) is 11.7 Å². The molecule has 0 unspecified atom stereocenters. The first kappa shape index (κ1) is 18.5. The minimum atomic E-state index is -0.513. The van der Waals surface area contributed by atoms with Crippen molar-refractivity contribution in [1.82, 2.24) is 24.8 Å². The number of rotatable bonds is 7. The van der Waals surface area contributed by atoms with Crippen LogP contribution in [0.2, 0.25) is 0 Å². The van der Waals surface area contributed by atoms with E-state index < -0.39 is 5.82 Å². The van der Waals surface area contributed by atoms with E-state index in [0.29, 0.717) is 30.0 Å². The molecule has 0 atom stereocenters. The summed E-state index contributed by atoms with van der Waals surface area (Å²) in [4.78, 5) is 24.7. The van der Waals surface area contributed by atoms with E-state index in [9.17, 15) is 9.18 Å². The lowest BCUT2D eigenvalue weighted by Gasteiger charge is -2.09. The molecular formula is C19H21FN6O. The van der Waals surface area contributed by atoms with Gasteiger partial charge >= 0.3 is 0 Å². The third-order valence-corrected chi connectivity index (χ3v) is 4.14. The summed E-state index contributed by atoms with van der Waals surface area (Å²) < 4.78 is 15.5. The van der Waals surface area contributed by atoms with Crippen LogP contribution in [0, 0.1) is 5.82 Å². The molecule has 0 aliphatic rings. The smallest absolute Gasteiger partial charge is 0.251 e. The van der Waals surface area contributed by atoms with Crippen molar-refractivity contribution in [2.75, 3.05) is 18.9 Å². The minimum absolute atomic E-state index is 0.132. The molecule has 0 saturated heterocycles. The number of benzene rings is 1. The van der Waals surface area contributed by atoms with Crippen LogP contribution >= 0.6 is 0 Å². The quantitative estimate of drug-likeness (QED) is 0.669. The van der Waals surface area contributed by atoms with Crippen molar-refractivity contribution in [1.29, 1.82) is 0 Å². The van der Waals surface area contributed by atoms with Crippen LogP contribution in [0.25, 0.3) is 11.4 Å². The van der Waals surface area contributed by atoms with Crippen LogP contribution in [-0.4, -0.2) is 39.0 Å². The fourth-order valence-corrected chi connectivity index (χ4v) is 2.70. The van der Waals surface area contributed by atoms with Gasteiger partial charge in [0.15, 0.2) is 17.5 Å². The van der Waals surface area contributed by atoms with Crippen LogP contribution < -0.4 is 10.6 Å². The molecule has 140 valence electrons. The summed E-state index contributed by atoms with van der Waals surface area (Å²) in [6.45, 7) is 3.23. The summed E-state index contributed by atoms with van der Waals surface area (Å²) in [5.41, 5.74) is 1.24. The van der Waals surface area contributed by atoms with Crippen LogP contribution in [0.4, 0.5) is 10.2 Å². The Morgan fingerprint density at radius 1 is 1.22 bits per heavy atom. The number of amides is 1. The first-order valence-electron chi connectivity index (χ1n) is 8.71. The second-order valence-electron chi connectivity index (χ2n) is 5.86. The van der Waals surface area contributed by atoms with E-state index in [1.54, 1.807) is 37.5 Å². The molecule has 3 aromatic rings. The number of nitrogens with one attached hydrogen (secondary N) is 2. The van der Waals surface area contributed by atoms with E-state index in [1.807, 2.05) is 17.7 Å². The van der Waals surface area contributed by atoms with Gasteiger partial charge in [-0.1, -0.05) is 19.1 Å². The number of imidazole rings is 1. The van der Waals surface area contributed by atoms with Gasteiger partial charge in [0.1, 0.15) is 5.82 Å². The van der Waals surface area contributed by atoms with Gasteiger partial charge in [-0.3, -0.25) is 4.79 Å². The molecule has 0 aliphatic carbocycles. The number of aromatic nitrogens is 4.